The second-order valence-corrected chi connectivity index (χ2v) is 4.75. The summed E-state index contributed by atoms with van der Waals surface area (Å²) in [5.74, 6) is 3.71. The molecule has 0 amide bonds. The second-order valence-electron chi connectivity index (χ2n) is 3.60. The quantitative estimate of drug-likeness (QED) is 0.690. The predicted molar refractivity (Wildman–Crippen MR) is 56.9 cm³/mol. The average molecular weight is 188 g/mol. The number of hydrogen-bond acceptors (Lipinski definition) is 3. The fourth-order valence-electron chi connectivity index (χ4n) is 1.56. The molecule has 1 fully saturated rings. The maximum atomic E-state index is 3.18. The lowest BCUT2D eigenvalue weighted by molar-refractivity contribution is 0.290. The molecule has 1 atom stereocenters. The standard InChI is InChI=1S/C9H20N2S/c1-10-4-5-11(2)7-9-3-6-12-8-9/h9-10H,3-8H2,1-2H3. The van der Waals surface area contributed by atoms with E-state index < -0.39 is 0 Å². The first-order valence-electron chi connectivity index (χ1n) is 4.74. The summed E-state index contributed by atoms with van der Waals surface area (Å²) in [6, 6.07) is 0. The van der Waals surface area contributed by atoms with Crippen LogP contribution in [0, 0.1) is 5.92 Å². The first-order valence-corrected chi connectivity index (χ1v) is 5.89. The lowest BCUT2D eigenvalue weighted by atomic mass is 10.1. The van der Waals surface area contributed by atoms with Gasteiger partial charge < -0.3 is 10.2 Å². The van der Waals surface area contributed by atoms with Crippen molar-refractivity contribution < 1.29 is 0 Å². The second kappa shape index (κ2) is 5.84. The van der Waals surface area contributed by atoms with Crippen LogP contribution in [0.15, 0.2) is 0 Å². The Hall–Kier alpha value is 0.270. The summed E-state index contributed by atoms with van der Waals surface area (Å²) in [5.41, 5.74) is 0. The SMILES string of the molecule is CNCCN(C)CC1CCSC1. The highest BCUT2D eigenvalue weighted by molar-refractivity contribution is 7.99. The van der Waals surface area contributed by atoms with Gasteiger partial charge in [-0.3, -0.25) is 0 Å². The van der Waals surface area contributed by atoms with Gasteiger partial charge in [-0.2, -0.15) is 11.8 Å². The van der Waals surface area contributed by atoms with Crippen molar-refractivity contribution in [2.75, 3.05) is 45.2 Å². The first kappa shape index (κ1) is 10.4. The van der Waals surface area contributed by atoms with Gasteiger partial charge in [0, 0.05) is 19.6 Å². The van der Waals surface area contributed by atoms with Gasteiger partial charge in [0.15, 0.2) is 0 Å². The predicted octanol–water partition coefficient (Wildman–Crippen LogP) is 0.891. The fraction of sp³-hybridized carbons (Fsp3) is 1.00. The van der Waals surface area contributed by atoms with Crippen LogP contribution >= 0.6 is 11.8 Å². The topological polar surface area (TPSA) is 15.3 Å². The molecule has 1 N–H and O–H groups in total. The van der Waals surface area contributed by atoms with Crippen molar-refractivity contribution in [1.82, 2.24) is 10.2 Å². The van der Waals surface area contributed by atoms with Gasteiger partial charge >= 0.3 is 0 Å². The molecule has 0 aromatic carbocycles. The van der Waals surface area contributed by atoms with Crippen molar-refractivity contribution in [3.8, 4) is 0 Å². The zero-order valence-corrected chi connectivity index (χ0v) is 8.99. The zero-order chi connectivity index (χ0) is 8.81. The molecule has 1 rings (SSSR count). The number of nitrogens with one attached hydrogen (secondary N) is 1. The van der Waals surface area contributed by atoms with Crippen LogP contribution in [0.25, 0.3) is 0 Å². The summed E-state index contributed by atoms with van der Waals surface area (Å²) in [6.07, 6.45) is 1.43. The number of nitrogens with zero attached hydrogens (tertiary/aromatic N) is 1. The molecule has 0 aliphatic carbocycles. The van der Waals surface area contributed by atoms with Crippen LogP contribution in [0.4, 0.5) is 0 Å². The number of rotatable bonds is 5. The van der Waals surface area contributed by atoms with E-state index in [2.05, 4.69) is 29.0 Å². The van der Waals surface area contributed by atoms with Gasteiger partial charge in [-0.05, 0) is 37.9 Å². The Bertz CT molecular complexity index is 113. The molecule has 1 saturated heterocycles. The van der Waals surface area contributed by atoms with Crippen molar-refractivity contribution in [3.05, 3.63) is 0 Å². The molecule has 1 aliphatic rings. The molecule has 1 unspecified atom stereocenters. The molecule has 72 valence electrons. The molecule has 1 heterocycles. The van der Waals surface area contributed by atoms with Gasteiger partial charge in [0.05, 0.1) is 0 Å². The van der Waals surface area contributed by atoms with Crippen LogP contribution in [0.3, 0.4) is 0 Å². The monoisotopic (exact) mass is 188 g/mol. The van der Waals surface area contributed by atoms with E-state index in [1.54, 1.807) is 0 Å². The van der Waals surface area contributed by atoms with Gasteiger partial charge in [-0.25, -0.2) is 0 Å². The highest BCUT2D eigenvalue weighted by atomic mass is 32.2. The van der Waals surface area contributed by atoms with Crippen LogP contribution in [0.1, 0.15) is 6.42 Å². The summed E-state index contributed by atoms with van der Waals surface area (Å²) in [7, 11) is 4.24. The summed E-state index contributed by atoms with van der Waals surface area (Å²) in [4.78, 5) is 2.44. The van der Waals surface area contributed by atoms with Crippen LogP contribution in [0.2, 0.25) is 0 Å². The highest BCUT2D eigenvalue weighted by Gasteiger charge is 2.16. The summed E-state index contributed by atoms with van der Waals surface area (Å²) < 4.78 is 0. The molecule has 0 saturated carbocycles. The molecular formula is C9H20N2S. The summed E-state index contributed by atoms with van der Waals surface area (Å²) in [6.45, 7) is 3.57. The highest BCUT2D eigenvalue weighted by Crippen LogP contribution is 2.23. The van der Waals surface area contributed by atoms with Crippen LogP contribution in [-0.4, -0.2) is 50.1 Å². The van der Waals surface area contributed by atoms with Crippen molar-refractivity contribution in [2.45, 2.75) is 6.42 Å². The Morgan fingerprint density at radius 2 is 2.42 bits per heavy atom. The van der Waals surface area contributed by atoms with Gasteiger partial charge in [0.1, 0.15) is 0 Å². The molecule has 0 aromatic heterocycles. The molecule has 0 spiro atoms. The average Bonchev–Trinajstić information content (AvgIpc) is 2.53. The van der Waals surface area contributed by atoms with E-state index >= 15 is 0 Å². The Balaban J connectivity index is 2.03. The maximum Gasteiger partial charge on any atom is 0.0104 e. The van der Waals surface area contributed by atoms with E-state index in [1.165, 1.54) is 31.0 Å². The molecule has 0 bridgehead atoms. The van der Waals surface area contributed by atoms with Gasteiger partial charge in [-0.1, -0.05) is 0 Å². The molecule has 12 heavy (non-hydrogen) atoms. The largest absolute Gasteiger partial charge is 0.318 e. The lowest BCUT2D eigenvalue weighted by Gasteiger charge is -2.19. The first-order chi connectivity index (χ1) is 5.83. The third kappa shape index (κ3) is 3.78. The molecule has 3 heteroatoms. The van der Waals surface area contributed by atoms with E-state index in [9.17, 15) is 0 Å². The summed E-state index contributed by atoms with van der Waals surface area (Å²) >= 11 is 2.11. The number of thioether (sulfide) groups is 1. The van der Waals surface area contributed by atoms with E-state index in [-0.39, 0.29) is 0 Å². The third-order valence-electron chi connectivity index (χ3n) is 2.34. The minimum Gasteiger partial charge on any atom is -0.318 e. The Kier molecular flexibility index (Phi) is 5.04. The van der Waals surface area contributed by atoms with E-state index in [0.717, 1.165) is 12.5 Å². The molecular weight excluding hydrogens is 168 g/mol. The molecule has 0 aromatic rings. The van der Waals surface area contributed by atoms with Gasteiger partial charge in [0.2, 0.25) is 0 Å². The molecule has 0 radical (unpaired) electrons. The molecule has 2 nitrogen and oxygen atoms in total. The Morgan fingerprint density at radius 3 is 3.00 bits per heavy atom. The normalized spacial score (nSPS) is 23.8. The van der Waals surface area contributed by atoms with E-state index in [1.807, 2.05) is 7.05 Å². The van der Waals surface area contributed by atoms with Crippen molar-refractivity contribution in [3.63, 3.8) is 0 Å². The zero-order valence-electron chi connectivity index (χ0n) is 8.18. The van der Waals surface area contributed by atoms with Crippen LogP contribution in [-0.2, 0) is 0 Å². The minimum atomic E-state index is 0.955. The Morgan fingerprint density at radius 1 is 1.58 bits per heavy atom. The smallest absolute Gasteiger partial charge is 0.0104 e. The van der Waals surface area contributed by atoms with Gasteiger partial charge in [-0.15, -0.1) is 0 Å². The van der Waals surface area contributed by atoms with Crippen LogP contribution < -0.4 is 5.32 Å². The molecule has 1 aliphatic heterocycles. The van der Waals surface area contributed by atoms with Crippen molar-refractivity contribution in [2.24, 2.45) is 5.92 Å². The minimum absolute atomic E-state index is 0.955. The maximum absolute atomic E-state index is 3.18. The van der Waals surface area contributed by atoms with Gasteiger partial charge in [0.25, 0.3) is 0 Å². The van der Waals surface area contributed by atoms with Crippen LogP contribution in [0.5, 0.6) is 0 Å². The number of likely N-dealkylation sites (N-methyl/N-ethyl adjacent to an activating group) is 2. The number of hydrogen-bond donors (Lipinski definition) is 1. The third-order valence-corrected chi connectivity index (χ3v) is 3.57. The van der Waals surface area contributed by atoms with Crippen molar-refractivity contribution >= 4 is 11.8 Å². The van der Waals surface area contributed by atoms with Crippen molar-refractivity contribution in [1.29, 1.82) is 0 Å². The fourth-order valence-corrected chi connectivity index (χ4v) is 2.83. The van der Waals surface area contributed by atoms with E-state index in [0.29, 0.717) is 0 Å². The lowest BCUT2D eigenvalue weighted by Crippen LogP contribution is -2.31. The summed E-state index contributed by atoms with van der Waals surface area (Å²) in [5, 5.41) is 3.18. The van der Waals surface area contributed by atoms with E-state index in [4.69, 9.17) is 0 Å². The Labute approximate surface area is 80.1 Å².